The Labute approximate surface area is 250 Å². The number of ketones is 1. The van der Waals surface area contributed by atoms with Crippen molar-refractivity contribution >= 4 is 78.9 Å². The van der Waals surface area contributed by atoms with Crippen LogP contribution in [0.5, 0.6) is 0 Å². The van der Waals surface area contributed by atoms with Crippen LogP contribution in [0, 0.1) is 6.92 Å². The van der Waals surface area contributed by atoms with Gasteiger partial charge in [0.2, 0.25) is 5.13 Å². The van der Waals surface area contributed by atoms with E-state index in [0.717, 1.165) is 10.0 Å². The number of aromatic nitrogens is 4. The summed E-state index contributed by atoms with van der Waals surface area (Å²) in [6.45, 7) is 1.75. The summed E-state index contributed by atoms with van der Waals surface area (Å²) in [7, 11) is 0. The van der Waals surface area contributed by atoms with E-state index in [1.165, 1.54) is 28.0 Å². The van der Waals surface area contributed by atoms with Crippen molar-refractivity contribution in [3.05, 3.63) is 111 Å². The second-order valence-electron chi connectivity index (χ2n) is 8.93. The number of carbonyl (C=O) groups excluding carboxylic acids is 2. The summed E-state index contributed by atoms with van der Waals surface area (Å²) in [6.07, 6.45) is 1.75. The Hall–Kier alpha value is -3.51. The lowest BCUT2D eigenvalue weighted by molar-refractivity contribution is -0.132. The Morgan fingerprint density at radius 2 is 1.82 bits per heavy atom. The van der Waals surface area contributed by atoms with E-state index in [-0.39, 0.29) is 16.5 Å². The summed E-state index contributed by atoms with van der Waals surface area (Å²) in [5, 5.41) is 21.1. The molecule has 0 radical (unpaired) electrons. The van der Waals surface area contributed by atoms with Crippen molar-refractivity contribution in [2.75, 3.05) is 4.90 Å². The van der Waals surface area contributed by atoms with Crippen LogP contribution in [0.1, 0.15) is 28.6 Å². The lowest BCUT2D eigenvalue weighted by Gasteiger charge is -2.22. The molecule has 1 amide bonds. The number of aliphatic hydroxyl groups is 1. The van der Waals surface area contributed by atoms with Crippen LogP contribution in [0.25, 0.3) is 11.4 Å². The van der Waals surface area contributed by atoms with Crippen molar-refractivity contribution in [3.63, 3.8) is 0 Å². The normalized spacial score (nSPS) is 16.8. The van der Waals surface area contributed by atoms with E-state index in [1.807, 2.05) is 42.5 Å². The number of carbonyl (C=O) groups is 2. The molecule has 5 aromatic rings. The largest absolute Gasteiger partial charge is 0.505 e. The van der Waals surface area contributed by atoms with Crippen LogP contribution in [0.2, 0.25) is 5.02 Å². The summed E-state index contributed by atoms with van der Waals surface area (Å²) in [5.41, 5.74) is 3.03. The number of pyridine rings is 1. The van der Waals surface area contributed by atoms with Crippen LogP contribution < -0.4 is 4.90 Å². The molecule has 0 aliphatic carbocycles. The number of rotatable bonds is 6. The van der Waals surface area contributed by atoms with E-state index < -0.39 is 17.7 Å². The molecule has 0 spiro atoms. The maximum absolute atomic E-state index is 13.6. The molecule has 40 heavy (non-hydrogen) atoms. The molecule has 1 aliphatic heterocycles. The highest BCUT2D eigenvalue weighted by atomic mass is 79.9. The molecule has 2 aromatic carbocycles. The predicted octanol–water partition coefficient (Wildman–Crippen LogP) is 6.83. The van der Waals surface area contributed by atoms with Gasteiger partial charge in [-0.15, -0.1) is 10.2 Å². The van der Waals surface area contributed by atoms with Crippen LogP contribution in [0.4, 0.5) is 5.13 Å². The van der Waals surface area contributed by atoms with Crippen molar-refractivity contribution < 1.29 is 14.7 Å². The smallest absolute Gasteiger partial charge is 0.301 e. The second kappa shape index (κ2) is 10.8. The Bertz CT molecular complexity index is 1820. The van der Waals surface area contributed by atoms with Gasteiger partial charge in [0.25, 0.3) is 5.78 Å². The molecule has 0 bridgehead atoms. The molecule has 6 rings (SSSR count). The Kier molecular flexibility index (Phi) is 7.22. The highest BCUT2D eigenvalue weighted by molar-refractivity contribution is 9.10. The van der Waals surface area contributed by atoms with Crippen LogP contribution >= 0.6 is 50.6 Å². The molecule has 3 aromatic heterocycles. The lowest BCUT2D eigenvalue weighted by Crippen LogP contribution is -2.29. The van der Waals surface area contributed by atoms with Crippen molar-refractivity contribution in [3.8, 4) is 0 Å². The SMILES string of the molecule is Cc1nc2ccccn2c1C(O)=C1C(=O)C(=O)N(c2nnc(SCc3ccccc3Cl)s2)C1c1ccc(Br)cc1. The topological polar surface area (TPSA) is 101 Å². The zero-order valence-electron chi connectivity index (χ0n) is 20.8. The zero-order valence-corrected chi connectivity index (χ0v) is 24.8. The van der Waals surface area contributed by atoms with E-state index in [0.29, 0.717) is 37.7 Å². The molecule has 12 heteroatoms. The van der Waals surface area contributed by atoms with Crippen molar-refractivity contribution in [1.29, 1.82) is 0 Å². The number of anilines is 1. The molecule has 8 nitrogen and oxygen atoms in total. The standard InChI is InChI=1S/C28H19BrClN5O3S2/c1-15-22(34-13-5-4-8-20(34)31-15)24(36)21-23(16-9-11-18(29)12-10-16)35(26(38)25(21)37)27-32-33-28(40-27)39-14-17-6-2-3-7-19(17)30/h2-13,23,36H,14H2,1H3. The summed E-state index contributed by atoms with van der Waals surface area (Å²) in [5.74, 6) is -1.34. The van der Waals surface area contributed by atoms with Crippen LogP contribution in [0.15, 0.2) is 87.3 Å². The van der Waals surface area contributed by atoms with Crippen LogP contribution in [-0.2, 0) is 15.3 Å². The van der Waals surface area contributed by atoms with E-state index in [9.17, 15) is 14.7 Å². The molecule has 1 aliphatic rings. The van der Waals surface area contributed by atoms with Gasteiger partial charge in [0.05, 0.1) is 17.3 Å². The van der Waals surface area contributed by atoms with Gasteiger partial charge >= 0.3 is 5.91 Å². The number of Topliss-reactive ketones (excluding diaryl/α,β-unsaturated/α-hetero) is 1. The molecule has 1 fully saturated rings. The van der Waals surface area contributed by atoms with Gasteiger partial charge in [-0.05, 0) is 48.4 Å². The van der Waals surface area contributed by atoms with Gasteiger partial charge in [0.1, 0.15) is 11.3 Å². The third-order valence-electron chi connectivity index (χ3n) is 6.47. The number of amides is 1. The minimum atomic E-state index is -0.920. The third-order valence-corrected chi connectivity index (χ3v) is 9.47. The number of imidazole rings is 1. The monoisotopic (exact) mass is 651 g/mol. The maximum Gasteiger partial charge on any atom is 0.301 e. The fraction of sp³-hybridized carbons (Fsp3) is 0.107. The summed E-state index contributed by atoms with van der Waals surface area (Å²) < 4.78 is 3.15. The third kappa shape index (κ3) is 4.72. The second-order valence-corrected chi connectivity index (χ2v) is 12.4. The highest BCUT2D eigenvalue weighted by Crippen LogP contribution is 2.44. The van der Waals surface area contributed by atoms with Gasteiger partial charge in [-0.1, -0.05) is 87.0 Å². The van der Waals surface area contributed by atoms with Gasteiger partial charge < -0.3 is 5.11 Å². The molecule has 1 atom stereocenters. The van der Waals surface area contributed by atoms with Crippen molar-refractivity contribution in [2.45, 2.75) is 23.1 Å². The minimum Gasteiger partial charge on any atom is -0.505 e. The Morgan fingerprint density at radius 1 is 1.07 bits per heavy atom. The average molecular weight is 653 g/mol. The molecular weight excluding hydrogens is 634 g/mol. The number of hydrogen-bond donors (Lipinski definition) is 1. The molecule has 0 saturated carbocycles. The fourth-order valence-corrected chi connectivity index (χ4v) is 7.05. The molecular formula is C28H19BrClN5O3S2. The number of fused-ring (bicyclic) bond motifs is 1. The fourth-order valence-electron chi connectivity index (χ4n) is 4.63. The van der Waals surface area contributed by atoms with Gasteiger partial charge in [-0.3, -0.25) is 18.9 Å². The molecule has 200 valence electrons. The molecule has 4 heterocycles. The number of aliphatic hydroxyl groups excluding tert-OH is 1. The maximum atomic E-state index is 13.6. The number of hydrogen-bond acceptors (Lipinski definition) is 8. The number of aryl methyl sites for hydroxylation is 1. The number of benzene rings is 2. The lowest BCUT2D eigenvalue weighted by atomic mass is 9.96. The van der Waals surface area contributed by atoms with E-state index >= 15 is 0 Å². The van der Waals surface area contributed by atoms with Gasteiger partial charge in [0.15, 0.2) is 10.1 Å². The van der Waals surface area contributed by atoms with Crippen molar-refractivity contribution in [2.24, 2.45) is 0 Å². The first-order valence-corrected chi connectivity index (χ1v) is 15.0. The van der Waals surface area contributed by atoms with E-state index in [2.05, 4.69) is 31.1 Å². The summed E-state index contributed by atoms with van der Waals surface area (Å²) in [6, 6.07) is 19.3. The Balaban J connectivity index is 1.44. The zero-order chi connectivity index (χ0) is 28.0. The first-order chi connectivity index (χ1) is 19.3. The first-order valence-electron chi connectivity index (χ1n) is 12.0. The number of thioether (sulfide) groups is 1. The number of nitrogens with zero attached hydrogens (tertiary/aromatic N) is 5. The van der Waals surface area contributed by atoms with E-state index in [4.69, 9.17) is 11.6 Å². The summed E-state index contributed by atoms with van der Waals surface area (Å²) in [4.78, 5) is 32.9. The summed E-state index contributed by atoms with van der Waals surface area (Å²) >= 11 is 12.4. The van der Waals surface area contributed by atoms with Crippen LogP contribution in [-0.4, -0.2) is 36.4 Å². The van der Waals surface area contributed by atoms with Crippen molar-refractivity contribution in [1.82, 2.24) is 19.6 Å². The quantitative estimate of drug-likeness (QED) is 0.0706. The van der Waals surface area contributed by atoms with Crippen LogP contribution in [0.3, 0.4) is 0 Å². The average Bonchev–Trinajstić information content (AvgIpc) is 3.62. The predicted molar refractivity (Wildman–Crippen MR) is 160 cm³/mol. The highest BCUT2D eigenvalue weighted by Gasteiger charge is 2.48. The minimum absolute atomic E-state index is 0.0402. The Morgan fingerprint density at radius 3 is 2.60 bits per heavy atom. The van der Waals surface area contributed by atoms with Gasteiger partial charge in [-0.25, -0.2) is 4.98 Å². The molecule has 1 N–H and O–H groups in total. The van der Waals surface area contributed by atoms with Gasteiger partial charge in [-0.2, -0.15) is 0 Å². The number of halogens is 2. The molecule has 1 saturated heterocycles. The molecule has 1 unspecified atom stereocenters. The first kappa shape index (κ1) is 26.7. The van der Waals surface area contributed by atoms with Gasteiger partial charge in [0, 0.05) is 21.4 Å². The van der Waals surface area contributed by atoms with E-state index in [1.54, 1.807) is 41.8 Å².